The zero-order chi connectivity index (χ0) is 13.5. The number of benzene rings is 3. The van der Waals surface area contributed by atoms with E-state index in [0.717, 1.165) is 33.0 Å². The zero-order valence-corrected chi connectivity index (χ0v) is 10.8. The Balaban J connectivity index is 2.05. The molecule has 0 heterocycles. The molecule has 4 aromatic carbocycles. The Morgan fingerprint density at radius 2 is 1.20 bits per heavy atom. The first kappa shape index (κ1) is 11.2. The largest absolute Gasteiger partial charge is 0.289 e. The van der Waals surface area contributed by atoms with Crippen LogP contribution in [-0.2, 0) is 0 Å². The molecule has 0 aliphatic heterocycles. The van der Waals surface area contributed by atoms with E-state index in [2.05, 4.69) is 30.3 Å². The normalized spacial score (nSPS) is 11.2. The maximum Gasteiger partial charge on any atom is 0.195 e. The molecule has 1 heteroatoms. The van der Waals surface area contributed by atoms with Crippen molar-refractivity contribution in [2.75, 3.05) is 0 Å². The predicted octanol–water partition coefficient (Wildman–Crippen LogP) is 4.41. The molecule has 0 saturated carbocycles. The average Bonchev–Trinajstić information content (AvgIpc) is 3.19. The Morgan fingerprint density at radius 3 is 1.85 bits per heavy atom. The van der Waals surface area contributed by atoms with Gasteiger partial charge in [0.1, 0.15) is 0 Å². The van der Waals surface area contributed by atoms with Crippen LogP contribution in [0.2, 0.25) is 0 Å². The van der Waals surface area contributed by atoms with Gasteiger partial charge >= 0.3 is 0 Å². The van der Waals surface area contributed by atoms with Crippen LogP contribution in [0.1, 0.15) is 0 Å². The molecular weight excluding hydrogens is 244 g/mol. The van der Waals surface area contributed by atoms with E-state index in [4.69, 9.17) is 0 Å². The lowest BCUT2D eigenvalue weighted by atomic mass is 9.94. The molecule has 0 bridgehead atoms. The Morgan fingerprint density at radius 1 is 0.600 bits per heavy atom. The summed E-state index contributed by atoms with van der Waals surface area (Å²) in [5.41, 5.74) is 4.63. The molecule has 4 rings (SSSR count). The Kier molecular flexibility index (Phi) is 2.33. The monoisotopic (exact) mass is 256 g/mol. The number of fused-ring (bicyclic) bond motifs is 1. The summed E-state index contributed by atoms with van der Waals surface area (Å²) in [7, 11) is 0. The number of hydrogen-bond acceptors (Lipinski definition) is 1. The molecule has 4 aromatic rings. The summed E-state index contributed by atoms with van der Waals surface area (Å²) in [6.45, 7) is 0. The van der Waals surface area contributed by atoms with Crippen LogP contribution in [0.15, 0.2) is 77.6 Å². The predicted molar refractivity (Wildman–Crippen MR) is 83.5 cm³/mol. The Hall–Kier alpha value is -2.67. The van der Waals surface area contributed by atoms with Gasteiger partial charge in [0.15, 0.2) is 5.43 Å². The molecule has 0 amide bonds. The fourth-order valence-electron chi connectivity index (χ4n) is 2.74. The maximum atomic E-state index is 11.9. The molecule has 0 N–H and O–H groups in total. The quantitative estimate of drug-likeness (QED) is 0.519. The third-order valence-corrected chi connectivity index (χ3v) is 3.76. The Bertz CT molecular complexity index is 895. The van der Waals surface area contributed by atoms with Crippen LogP contribution in [0.3, 0.4) is 0 Å². The summed E-state index contributed by atoms with van der Waals surface area (Å²) in [6.07, 6.45) is 0. The van der Waals surface area contributed by atoms with Crippen molar-refractivity contribution in [2.24, 2.45) is 0 Å². The van der Waals surface area contributed by atoms with Crippen molar-refractivity contribution in [3.63, 3.8) is 0 Å². The minimum Gasteiger partial charge on any atom is -0.289 e. The second-order valence-corrected chi connectivity index (χ2v) is 4.97. The first-order valence-electron chi connectivity index (χ1n) is 6.69. The zero-order valence-electron chi connectivity index (χ0n) is 10.8. The highest BCUT2D eigenvalue weighted by Crippen LogP contribution is 2.38. The summed E-state index contributed by atoms with van der Waals surface area (Å²) >= 11 is 0. The van der Waals surface area contributed by atoms with Crippen LogP contribution < -0.4 is 5.43 Å². The molecule has 0 spiro atoms. The van der Waals surface area contributed by atoms with Gasteiger partial charge in [-0.15, -0.1) is 0 Å². The highest BCUT2D eigenvalue weighted by atomic mass is 16.1. The third kappa shape index (κ3) is 1.60. The van der Waals surface area contributed by atoms with E-state index < -0.39 is 0 Å². The van der Waals surface area contributed by atoms with Gasteiger partial charge in [0.2, 0.25) is 0 Å². The molecule has 1 nitrogen and oxygen atoms in total. The maximum absolute atomic E-state index is 11.9. The lowest BCUT2D eigenvalue weighted by molar-refractivity contribution is 1.63. The van der Waals surface area contributed by atoms with Crippen molar-refractivity contribution in [3.05, 3.63) is 83.0 Å². The molecule has 0 fully saturated rings. The second-order valence-electron chi connectivity index (χ2n) is 4.97. The molecular formula is C19H12O. The number of hydrogen-bond donors (Lipinski definition) is 0. The van der Waals surface area contributed by atoms with Crippen molar-refractivity contribution in [3.8, 4) is 22.3 Å². The molecule has 0 unspecified atom stereocenters. The van der Waals surface area contributed by atoms with Crippen molar-refractivity contribution >= 4 is 10.8 Å². The SMILES string of the molecule is O=c1c2ccc(-c3ccccc3)c(-c3ccccc3)c12. The highest BCUT2D eigenvalue weighted by Gasteiger charge is 2.21. The third-order valence-electron chi connectivity index (χ3n) is 3.76. The lowest BCUT2D eigenvalue weighted by Gasteiger charge is -2.09. The van der Waals surface area contributed by atoms with Gasteiger partial charge in [0.25, 0.3) is 0 Å². The van der Waals surface area contributed by atoms with Gasteiger partial charge in [-0.25, -0.2) is 0 Å². The van der Waals surface area contributed by atoms with Crippen molar-refractivity contribution in [1.82, 2.24) is 0 Å². The minimum absolute atomic E-state index is 0.186. The minimum atomic E-state index is 0.186. The van der Waals surface area contributed by atoms with Crippen LogP contribution in [0.25, 0.3) is 33.0 Å². The van der Waals surface area contributed by atoms with Gasteiger partial charge in [0, 0.05) is 16.3 Å². The second kappa shape index (κ2) is 4.17. The van der Waals surface area contributed by atoms with Crippen LogP contribution >= 0.6 is 0 Å². The van der Waals surface area contributed by atoms with E-state index >= 15 is 0 Å². The fourth-order valence-corrected chi connectivity index (χ4v) is 2.74. The summed E-state index contributed by atoms with van der Waals surface area (Å²) in [4.78, 5) is 11.9. The van der Waals surface area contributed by atoms with Gasteiger partial charge in [-0.05, 0) is 22.8 Å². The lowest BCUT2D eigenvalue weighted by Crippen LogP contribution is -1.84. The highest BCUT2D eigenvalue weighted by molar-refractivity contribution is 6.12. The van der Waals surface area contributed by atoms with Gasteiger partial charge in [-0.1, -0.05) is 66.7 Å². The van der Waals surface area contributed by atoms with Crippen molar-refractivity contribution in [2.45, 2.75) is 0 Å². The molecule has 0 aromatic heterocycles. The number of rotatable bonds is 2. The van der Waals surface area contributed by atoms with E-state index in [-0.39, 0.29) is 5.43 Å². The van der Waals surface area contributed by atoms with Gasteiger partial charge in [-0.2, -0.15) is 0 Å². The van der Waals surface area contributed by atoms with Gasteiger partial charge in [-0.3, -0.25) is 4.79 Å². The van der Waals surface area contributed by atoms with E-state index in [1.807, 2.05) is 42.5 Å². The van der Waals surface area contributed by atoms with Crippen LogP contribution in [0.4, 0.5) is 0 Å². The Labute approximate surface area is 116 Å². The van der Waals surface area contributed by atoms with Crippen LogP contribution in [0, 0.1) is 0 Å². The molecule has 0 aliphatic rings. The molecule has 0 radical (unpaired) electrons. The summed E-state index contributed by atoms with van der Waals surface area (Å²) in [5, 5.41) is 1.75. The van der Waals surface area contributed by atoms with Crippen LogP contribution in [0.5, 0.6) is 0 Å². The first-order chi connectivity index (χ1) is 9.86. The first-order valence-corrected chi connectivity index (χ1v) is 6.69. The van der Waals surface area contributed by atoms with Crippen molar-refractivity contribution in [1.29, 1.82) is 0 Å². The average molecular weight is 256 g/mol. The summed E-state index contributed by atoms with van der Waals surface area (Å²) in [6, 6.07) is 24.4. The van der Waals surface area contributed by atoms with Crippen LogP contribution in [-0.4, -0.2) is 0 Å². The molecule has 0 saturated heterocycles. The van der Waals surface area contributed by atoms with Gasteiger partial charge in [0.05, 0.1) is 0 Å². The molecule has 94 valence electrons. The smallest absolute Gasteiger partial charge is 0.195 e. The topological polar surface area (TPSA) is 17.1 Å². The summed E-state index contributed by atoms with van der Waals surface area (Å²) in [5.74, 6) is 0. The molecule has 20 heavy (non-hydrogen) atoms. The van der Waals surface area contributed by atoms with E-state index in [9.17, 15) is 4.79 Å². The summed E-state index contributed by atoms with van der Waals surface area (Å²) < 4.78 is 0. The fraction of sp³-hybridized carbons (Fsp3) is 0. The van der Waals surface area contributed by atoms with Gasteiger partial charge < -0.3 is 0 Å². The molecule has 0 aliphatic carbocycles. The van der Waals surface area contributed by atoms with Crippen molar-refractivity contribution < 1.29 is 0 Å². The van der Waals surface area contributed by atoms with E-state index in [0.29, 0.717) is 0 Å². The molecule has 0 atom stereocenters. The van der Waals surface area contributed by atoms with E-state index in [1.165, 1.54) is 0 Å². The standard InChI is InChI=1S/C19H12O/c20-19-16-12-11-15(13-7-3-1-4-8-13)17(18(16)19)14-9-5-2-6-10-14/h1-12H. The van der Waals surface area contributed by atoms with E-state index in [1.54, 1.807) is 0 Å².